The summed E-state index contributed by atoms with van der Waals surface area (Å²) in [6.07, 6.45) is 17.1. The molecule has 0 unspecified atom stereocenters. The zero-order chi connectivity index (χ0) is 20.8. The summed E-state index contributed by atoms with van der Waals surface area (Å²) in [6, 6.07) is 0. The summed E-state index contributed by atoms with van der Waals surface area (Å²) in [5.74, 6) is 0.783. The SMILES string of the molecule is CC.CCCCCCCCCNC(=O)CCCCCCCCC(=O)C(C)C. The van der Waals surface area contributed by atoms with E-state index in [1.807, 2.05) is 27.7 Å². The third kappa shape index (κ3) is 23.1. The summed E-state index contributed by atoms with van der Waals surface area (Å²) < 4.78 is 0. The maximum atomic E-state index is 11.7. The van der Waals surface area contributed by atoms with Crippen molar-refractivity contribution in [3.63, 3.8) is 0 Å². The molecule has 0 fully saturated rings. The van der Waals surface area contributed by atoms with Gasteiger partial charge in [-0.2, -0.15) is 0 Å². The van der Waals surface area contributed by atoms with E-state index in [9.17, 15) is 9.59 Å². The highest BCUT2D eigenvalue weighted by Crippen LogP contribution is 2.11. The van der Waals surface area contributed by atoms with Gasteiger partial charge in [-0.05, 0) is 19.3 Å². The second kappa shape index (κ2) is 23.2. The summed E-state index contributed by atoms with van der Waals surface area (Å²) in [4.78, 5) is 23.2. The van der Waals surface area contributed by atoms with Crippen molar-refractivity contribution >= 4 is 11.7 Å². The van der Waals surface area contributed by atoms with Crippen molar-refractivity contribution in [2.45, 2.75) is 131 Å². The predicted octanol–water partition coefficient (Wildman–Crippen LogP) is 7.23. The van der Waals surface area contributed by atoms with Crippen molar-refractivity contribution in [2.24, 2.45) is 5.92 Å². The van der Waals surface area contributed by atoms with Crippen LogP contribution in [-0.2, 0) is 9.59 Å². The van der Waals surface area contributed by atoms with Gasteiger partial charge in [0.1, 0.15) is 5.78 Å². The Kier molecular flexibility index (Phi) is 24.3. The molecule has 27 heavy (non-hydrogen) atoms. The van der Waals surface area contributed by atoms with E-state index in [4.69, 9.17) is 0 Å². The van der Waals surface area contributed by atoms with Gasteiger partial charge < -0.3 is 5.32 Å². The van der Waals surface area contributed by atoms with Gasteiger partial charge in [0.2, 0.25) is 5.91 Å². The Morgan fingerprint density at radius 3 is 1.63 bits per heavy atom. The summed E-state index contributed by atoms with van der Waals surface area (Å²) in [5, 5.41) is 3.04. The monoisotopic (exact) mass is 383 g/mol. The largest absolute Gasteiger partial charge is 0.356 e. The van der Waals surface area contributed by atoms with Crippen LogP contribution in [0.25, 0.3) is 0 Å². The van der Waals surface area contributed by atoms with E-state index >= 15 is 0 Å². The van der Waals surface area contributed by atoms with Gasteiger partial charge in [-0.1, -0.05) is 98.8 Å². The van der Waals surface area contributed by atoms with Crippen LogP contribution in [-0.4, -0.2) is 18.2 Å². The second-order valence-electron chi connectivity index (χ2n) is 7.71. The number of carbonyl (C=O) groups excluding carboxylic acids is 2. The van der Waals surface area contributed by atoms with Crippen molar-refractivity contribution in [1.29, 1.82) is 0 Å². The Bertz CT molecular complexity index is 326. The molecule has 0 aliphatic rings. The topological polar surface area (TPSA) is 46.2 Å². The van der Waals surface area contributed by atoms with Crippen LogP contribution in [0.4, 0.5) is 0 Å². The zero-order valence-corrected chi connectivity index (χ0v) is 19.2. The van der Waals surface area contributed by atoms with E-state index in [-0.39, 0.29) is 11.8 Å². The van der Waals surface area contributed by atoms with Gasteiger partial charge in [-0.15, -0.1) is 0 Å². The molecule has 1 N–H and O–H groups in total. The fraction of sp³-hybridized carbons (Fsp3) is 0.917. The third-order valence-electron chi connectivity index (χ3n) is 4.82. The minimum atomic E-state index is 0.180. The number of nitrogens with one attached hydrogen (secondary N) is 1. The Balaban J connectivity index is 0. The lowest BCUT2D eigenvalue weighted by Crippen LogP contribution is -2.23. The molecule has 0 atom stereocenters. The highest BCUT2D eigenvalue weighted by atomic mass is 16.1. The summed E-state index contributed by atoms with van der Waals surface area (Å²) >= 11 is 0. The number of unbranched alkanes of at least 4 members (excludes halogenated alkanes) is 11. The van der Waals surface area contributed by atoms with Gasteiger partial charge in [0, 0.05) is 25.3 Å². The smallest absolute Gasteiger partial charge is 0.219 e. The fourth-order valence-corrected chi connectivity index (χ4v) is 2.98. The Morgan fingerprint density at radius 1 is 0.667 bits per heavy atom. The molecule has 0 aromatic carbocycles. The van der Waals surface area contributed by atoms with Crippen LogP contribution in [0.15, 0.2) is 0 Å². The van der Waals surface area contributed by atoms with Crippen molar-refractivity contribution in [3.05, 3.63) is 0 Å². The van der Waals surface area contributed by atoms with Crippen molar-refractivity contribution in [1.82, 2.24) is 5.32 Å². The molecule has 3 heteroatoms. The van der Waals surface area contributed by atoms with Gasteiger partial charge in [-0.25, -0.2) is 0 Å². The van der Waals surface area contributed by atoms with Crippen molar-refractivity contribution in [3.8, 4) is 0 Å². The molecule has 162 valence electrons. The Hall–Kier alpha value is -0.860. The molecule has 0 aliphatic heterocycles. The molecule has 0 saturated heterocycles. The van der Waals surface area contributed by atoms with E-state index in [1.165, 1.54) is 51.4 Å². The number of amides is 1. The third-order valence-corrected chi connectivity index (χ3v) is 4.82. The average Bonchev–Trinajstić information content (AvgIpc) is 2.67. The van der Waals surface area contributed by atoms with Gasteiger partial charge >= 0.3 is 0 Å². The average molecular weight is 384 g/mol. The highest BCUT2D eigenvalue weighted by molar-refractivity contribution is 5.80. The lowest BCUT2D eigenvalue weighted by Gasteiger charge is -2.06. The van der Waals surface area contributed by atoms with Gasteiger partial charge in [0.15, 0.2) is 0 Å². The molecule has 0 aromatic heterocycles. The van der Waals surface area contributed by atoms with Gasteiger partial charge in [0.05, 0.1) is 0 Å². The fourth-order valence-electron chi connectivity index (χ4n) is 2.98. The lowest BCUT2D eigenvalue weighted by atomic mass is 10.0. The van der Waals surface area contributed by atoms with Crippen LogP contribution < -0.4 is 5.32 Å². The van der Waals surface area contributed by atoms with E-state index in [1.54, 1.807) is 0 Å². The lowest BCUT2D eigenvalue weighted by molar-refractivity contribution is -0.122. The first-order valence-electron chi connectivity index (χ1n) is 11.9. The molecule has 0 aromatic rings. The minimum Gasteiger partial charge on any atom is -0.356 e. The van der Waals surface area contributed by atoms with E-state index in [0.29, 0.717) is 12.2 Å². The van der Waals surface area contributed by atoms with Crippen LogP contribution in [0.2, 0.25) is 0 Å². The molecule has 0 spiro atoms. The normalized spacial score (nSPS) is 10.4. The van der Waals surface area contributed by atoms with Crippen LogP contribution in [0, 0.1) is 5.92 Å². The zero-order valence-electron chi connectivity index (χ0n) is 19.2. The van der Waals surface area contributed by atoms with Crippen molar-refractivity contribution in [2.75, 3.05) is 6.54 Å². The number of rotatable bonds is 18. The number of hydrogen-bond donors (Lipinski definition) is 1. The van der Waals surface area contributed by atoms with Crippen molar-refractivity contribution < 1.29 is 9.59 Å². The number of Topliss-reactive ketones (excluding diaryl/α,β-unsaturated/α-hetero) is 1. The molecule has 0 bridgehead atoms. The van der Waals surface area contributed by atoms with E-state index in [2.05, 4.69) is 12.2 Å². The molecule has 0 aliphatic carbocycles. The quantitative estimate of drug-likeness (QED) is 0.254. The number of hydrogen-bond acceptors (Lipinski definition) is 2. The molecule has 0 radical (unpaired) electrons. The van der Waals surface area contributed by atoms with Gasteiger partial charge in [-0.3, -0.25) is 9.59 Å². The molecule has 0 heterocycles. The molecular weight excluding hydrogens is 334 g/mol. The first-order valence-corrected chi connectivity index (χ1v) is 11.9. The summed E-state index contributed by atoms with van der Waals surface area (Å²) in [5.41, 5.74) is 0. The van der Waals surface area contributed by atoms with Crippen LogP contribution in [0.3, 0.4) is 0 Å². The molecule has 1 amide bonds. The van der Waals surface area contributed by atoms with Crippen LogP contribution in [0.1, 0.15) is 131 Å². The van der Waals surface area contributed by atoms with Crippen LogP contribution in [0.5, 0.6) is 0 Å². The molecule has 3 nitrogen and oxygen atoms in total. The highest BCUT2D eigenvalue weighted by Gasteiger charge is 2.06. The second-order valence-corrected chi connectivity index (χ2v) is 7.71. The van der Waals surface area contributed by atoms with E-state index < -0.39 is 0 Å². The maximum Gasteiger partial charge on any atom is 0.219 e. The van der Waals surface area contributed by atoms with Gasteiger partial charge in [0.25, 0.3) is 0 Å². The maximum absolute atomic E-state index is 11.7. The number of ketones is 1. The Labute approximate surface area is 170 Å². The summed E-state index contributed by atoms with van der Waals surface area (Å²) in [6.45, 7) is 11.0. The minimum absolute atomic E-state index is 0.180. The Morgan fingerprint density at radius 2 is 1.11 bits per heavy atom. The first kappa shape index (κ1) is 28.4. The van der Waals surface area contributed by atoms with E-state index in [0.717, 1.165) is 45.1 Å². The first-order chi connectivity index (χ1) is 13.1. The predicted molar refractivity (Wildman–Crippen MR) is 119 cm³/mol. The molecular formula is C24H49NO2. The van der Waals surface area contributed by atoms with Crippen LogP contribution >= 0.6 is 0 Å². The standard InChI is InChI=1S/C22H43NO2.C2H6/c1-4-5-6-7-10-13-16-19-23-22(25)18-15-12-9-8-11-14-17-21(24)20(2)3;1-2/h20H,4-19H2,1-3H3,(H,23,25);1-2H3. The number of carbonyl (C=O) groups is 2. The molecule has 0 rings (SSSR count). The summed E-state index contributed by atoms with van der Waals surface area (Å²) in [7, 11) is 0. The molecule has 0 saturated carbocycles.